The van der Waals surface area contributed by atoms with Gasteiger partial charge in [-0.05, 0) is 25.1 Å². The highest BCUT2D eigenvalue weighted by molar-refractivity contribution is 6.23. The van der Waals surface area contributed by atoms with Gasteiger partial charge in [0, 0.05) is 24.7 Å². The molecule has 0 aliphatic carbocycles. The average Bonchev–Trinajstić information content (AvgIpc) is 2.86. The number of nitrogens with one attached hydrogen (secondary N) is 1. The monoisotopic (exact) mass is 353 g/mol. The van der Waals surface area contributed by atoms with Crippen molar-refractivity contribution in [1.82, 2.24) is 4.90 Å². The highest BCUT2D eigenvalue weighted by Gasteiger charge is 2.40. The molecule has 0 fully saturated rings. The smallest absolute Gasteiger partial charge is 0.282 e. The number of nitrogens with zero attached hydrogens (tertiary/aromatic N) is 2. The van der Waals surface area contributed by atoms with E-state index in [0.717, 1.165) is 10.5 Å². The van der Waals surface area contributed by atoms with E-state index in [1.165, 1.54) is 18.2 Å². The number of carbonyl (C=O) groups excluding carboxylic acids is 3. The molecule has 3 amide bonds. The fourth-order valence-electron chi connectivity index (χ4n) is 2.74. The molecule has 26 heavy (non-hydrogen) atoms. The quantitative estimate of drug-likeness (QED) is 0.504. The largest absolute Gasteiger partial charge is 0.326 e. The molecule has 0 radical (unpaired) electrons. The third-order valence-electron chi connectivity index (χ3n) is 4.07. The maximum absolute atomic E-state index is 12.4. The number of hydrogen-bond acceptors (Lipinski definition) is 5. The molecule has 1 N–H and O–H groups in total. The van der Waals surface area contributed by atoms with Gasteiger partial charge >= 0.3 is 0 Å². The van der Waals surface area contributed by atoms with Crippen molar-refractivity contribution < 1.29 is 19.3 Å². The van der Waals surface area contributed by atoms with E-state index >= 15 is 0 Å². The number of fused-ring (bicyclic) bond motifs is 1. The van der Waals surface area contributed by atoms with Crippen molar-refractivity contribution in [2.24, 2.45) is 0 Å². The molecule has 1 heterocycles. The number of aryl methyl sites for hydroxylation is 1. The molecular weight excluding hydrogens is 338 g/mol. The molecule has 0 saturated heterocycles. The van der Waals surface area contributed by atoms with E-state index in [1.807, 2.05) is 19.1 Å². The van der Waals surface area contributed by atoms with E-state index in [1.54, 1.807) is 12.1 Å². The highest BCUT2D eigenvalue weighted by Crippen LogP contribution is 2.30. The number of amides is 3. The lowest BCUT2D eigenvalue weighted by Gasteiger charge is -2.13. The topological polar surface area (TPSA) is 110 Å². The molecule has 1 aliphatic rings. The minimum Gasteiger partial charge on any atom is -0.326 e. The normalized spacial score (nSPS) is 12.9. The number of hydrogen-bond donors (Lipinski definition) is 1. The Labute approximate surface area is 148 Å². The van der Waals surface area contributed by atoms with Gasteiger partial charge in [0.25, 0.3) is 17.5 Å². The molecule has 2 aromatic rings. The summed E-state index contributed by atoms with van der Waals surface area (Å²) in [7, 11) is 0. The van der Waals surface area contributed by atoms with E-state index in [2.05, 4.69) is 5.32 Å². The summed E-state index contributed by atoms with van der Waals surface area (Å²) < 4.78 is 0. The van der Waals surface area contributed by atoms with Crippen LogP contribution >= 0.6 is 0 Å². The first kappa shape index (κ1) is 17.3. The minimum absolute atomic E-state index is 0.0110. The van der Waals surface area contributed by atoms with E-state index < -0.39 is 22.4 Å². The van der Waals surface area contributed by atoms with Gasteiger partial charge in [0.05, 0.1) is 10.5 Å². The number of carbonyl (C=O) groups is 3. The van der Waals surface area contributed by atoms with Gasteiger partial charge in [-0.25, -0.2) is 0 Å². The summed E-state index contributed by atoms with van der Waals surface area (Å²) in [6, 6.07) is 11.1. The van der Waals surface area contributed by atoms with Gasteiger partial charge in [0.15, 0.2) is 0 Å². The summed E-state index contributed by atoms with van der Waals surface area (Å²) in [4.78, 5) is 48.0. The number of imide groups is 1. The molecule has 132 valence electrons. The Balaban J connectivity index is 1.69. The minimum atomic E-state index is -0.750. The van der Waals surface area contributed by atoms with E-state index in [-0.39, 0.29) is 30.0 Å². The highest BCUT2D eigenvalue weighted by atomic mass is 16.6. The van der Waals surface area contributed by atoms with Crippen LogP contribution in [-0.2, 0) is 4.79 Å². The number of benzene rings is 2. The summed E-state index contributed by atoms with van der Waals surface area (Å²) in [5, 5.41) is 13.7. The van der Waals surface area contributed by atoms with Crippen LogP contribution in [0.3, 0.4) is 0 Å². The zero-order chi connectivity index (χ0) is 18.8. The third kappa shape index (κ3) is 3.16. The Bertz CT molecular complexity index is 921. The molecule has 8 heteroatoms. The molecular formula is C18H15N3O5. The fourth-order valence-corrected chi connectivity index (χ4v) is 2.74. The number of rotatable bonds is 5. The van der Waals surface area contributed by atoms with Crippen LogP contribution in [0, 0.1) is 17.0 Å². The van der Waals surface area contributed by atoms with Crippen LogP contribution < -0.4 is 5.32 Å². The molecule has 0 aromatic heterocycles. The molecule has 2 aromatic carbocycles. The lowest BCUT2D eigenvalue weighted by Crippen LogP contribution is -2.33. The van der Waals surface area contributed by atoms with E-state index in [4.69, 9.17) is 0 Å². The van der Waals surface area contributed by atoms with Gasteiger partial charge in [-0.2, -0.15) is 0 Å². The first-order chi connectivity index (χ1) is 12.4. The predicted molar refractivity (Wildman–Crippen MR) is 92.9 cm³/mol. The number of anilines is 1. The molecule has 0 spiro atoms. The lowest BCUT2D eigenvalue weighted by molar-refractivity contribution is -0.385. The van der Waals surface area contributed by atoms with Gasteiger partial charge in [-0.15, -0.1) is 0 Å². The first-order valence-electron chi connectivity index (χ1n) is 7.88. The van der Waals surface area contributed by atoms with Crippen LogP contribution in [0.15, 0.2) is 42.5 Å². The van der Waals surface area contributed by atoms with E-state index in [9.17, 15) is 24.5 Å². The van der Waals surface area contributed by atoms with Crippen molar-refractivity contribution >= 4 is 29.1 Å². The predicted octanol–water partition coefficient (Wildman–Crippen LogP) is 2.53. The Hall–Kier alpha value is -3.55. The fraction of sp³-hybridized carbons (Fsp3) is 0.167. The molecule has 0 unspecified atom stereocenters. The average molecular weight is 353 g/mol. The van der Waals surface area contributed by atoms with Crippen LogP contribution in [0.2, 0.25) is 0 Å². The molecule has 3 rings (SSSR count). The zero-order valence-corrected chi connectivity index (χ0v) is 13.9. The maximum Gasteiger partial charge on any atom is 0.282 e. The van der Waals surface area contributed by atoms with Gasteiger partial charge in [0.2, 0.25) is 5.91 Å². The second-order valence-electron chi connectivity index (χ2n) is 5.88. The third-order valence-corrected chi connectivity index (χ3v) is 4.07. The lowest BCUT2D eigenvalue weighted by atomic mass is 10.1. The Morgan fingerprint density at radius 1 is 1.12 bits per heavy atom. The molecule has 0 atom stereocenters. The van der Waals surface area contributed by atoms with Crippen LogP contribution in [0.1, 0.15) is 32.7 Å². The summed E-state index contributed by atoms with van der Waals surface area (Å²) in [6.45, 7) is 1.77. The first-order valence-corrected chi connectivity index (χ1v) is 7.88. The van der Waals surface area contributed by atoms with Crippen molar-refractivity contribution in [3.05, 3.63) is 69.3 Å². The number of nitro benzene ring substituents is 1. The summed E-state index contributed by atoms with van der Waals surface area (Å²) in [5.74, 6) is -1.74. The van der Waals surface area contributed by atoms with Crippen LogP contribution in [0.5, 0.6) is 0 Å². The van der Waals surface area contributed by atoms with Crippen LogP contribution in [0.25, 0.3) is 0 Å². The van der Waals surface area contributed by atoms with Gasteiger partial charge in [-0.1, -0.05) is 23.8 Å². The molecule has 0 bridgehead atoms. The SMILES string of the molecule is Cc1ccc(NC(=O)CCN2C(=O)c3cccc([N+](=O)[O-])c3C2=O)cc1. The summed E-state index contributed by atoms with van der Waals surface area (Å²) in [5.41, 5.74) is 1.02. The van der Waals surface area contributed by atoms with Gasteiger partial charge < -0.3 is 5.32 Å². The van der Waals surface area contributed by atoms with Crippen LogP contribution in [0.4, 0.5) is 11.4 Å². The van der Waals surface area contributed by atoms with Crippen LogP contribution in [-0.4, -0.2) is 34.1 Å². The summed E-state index contributed by atoms with van der Waals surface area (Å²) >= 11 is 0. The molecule has 1 aliphatic heterocycles. The van der Waals surface area contributed by atoms with E-state index in [0.29, 0.717) is 5.69 Å². The van der Waals surface area contributed by atoms with Crippen molar-refractivity contribution in [2.75, 3.05) is 11.9 Å². The second kappa shape index (κ2) is 6.75. The van der Waals surface area contributed by atoms with Gasteiger partial charge in [-0.3, -0.25) is 29.4 Å². The summed E-state index contributed by atoms with van der Waals surface area (Å²) in [6.07, 6.45) is -0.104. The van der Waals surface area contributed by atoms with Gasteiger partial charge in [0.1, 0.15) is 5.56 Å². The van der Waals surface area contributed by atoms with Crippen molar-refractivity contribution in [3.8, 4) is 0 Å². The molecule has 0 saturated carbocycles. The zero-order valence-electron chi connectivity index (χ0n) is 13.9. The number of nitro groups is 1. The second-order valence-corrected chi connectivity index (χ2v) is 5.88. The Morgan fingerprint density at radius 2 is 1.81 bits per heavy atom. The molecule has 8 nitrogen and oxygen atoms in total. The van der Waals surface area contributed by atoms with Crippen molar-refractivity contribution in [1.29, 1.82) is 0 Å². The Kier molecular flexibility index (Phi) is 4.49. The van der Waals surface area contributed by atoms with Crippen molar-refractivity contribution in [2.45, 2.75) is 13.3 Å². The Morgan fingerprint density at radius 3 is 2.46 bits per heavy atom. The maximum atomic E-state index is 12.4. The standard InChI is InChI=1S/C18H15N3O5/c1-11-5-7-12(8-6-11)19-15(22)9-10-20-17(23)13-3-2-4-14(21(25)26)16(13)18(20)24/h2-8H,9-10H2,1H3,(H,19,22). The van der Waals surface area contributed by atoms with Crippen molar-refractivity contribution in [3.63, 3.8) is 0 Å².